The first kappa shape index (κ1) is 17.1. The highest BCUT2D eigenvalue weighted by Crippen LogP contribution is 2.23. The van der Waals surface area contributed by atoms with Gasteiger partial charge in [-0.2, -0.15) is 0 Å². The summed E-state index contributed by atoms with van der Waals surface area (Å²) in [6.45, 7) is 3.99. The van der Waals surface area contributed by atoms with E-state index in [1.165, 1.54) is 0 Å². The molecule has 0 aliphatic carbocycles. The Morgan fingerprint density at radius 3 is 2.90 bits per heavy atom. The summed E-state index contributed by atoms with van der Waals surface area (Å²) < 4.78 is 5.21. The van der Waals surface area contributed by atoms with Gasteiger partial charge in [-0.3, -0.25) is 4.79 Å². The summed E-state index contributed by atoms with van der Waals surface area (Å²) in [7, 11) is 1.55. The first-order valence-electron chi connectivity index (χ1n) is 6.47. The molecule has 4 nitrogen and oxygen atoms in total. The number of rotatable bonds is 3. The van der Waals surface area contributed by atoms with Crippen LogP contribution in [0.2, 0.25) is 5.02 Å². The first-order valence-corrected chi connectivity index (χ1v) is 6.84. The summed E-state index contributed by atoms with van der Waals surface area (Å²) in [6.07, 6.45) is 0.940. The van der Waals surface area contributed by atoms with Crippen LogP contribution in [0.4, 0.5) is 0 Å². The molecule has 0 radical (unpaired) electrons. The zero-order chi connectivity index (χ0) is 13.8. The average molecular weight is 319 g/mol. The number of halogens is 2. The maximum atomic E-state index is 12.3. The molecule has 2 unspecified atom stereocenters. The Bertz CT molecular complexity index is 468. The van der Waals surface area contributed by atoms with Gasteiger partial charge in [0.2, 0.25) is 0 Å². The van der Waals surface area contributed by atoms with E-state index in [0.717, 1.165) is 19.5 Å². The molecule has 1 fully saturated rings. The molecule has 0 bridgehead atoms. The molecule has 1 aromatic carbocycles. The predicted molar refractivity (Wildman–Crippen MR) is 83.2 cm³/mol. The molecule has 0 aromatic heterocycles. The molecule has 1 aromatic rings. The molecule has 20 heavy (non-hydrogen) atoms. The average Bonchev–Trinajstić information content (AvgIpc) is 2.41. The highest BCUT2D eigenvalue weighted by atomic mass is 35.5. The molecular weight excluding hydrogens is 299 g/mol. The topological polar surface area (TPSA) is 50.4 Å². The number of methoxy groups -OCH3 is 1. The van der Waals surface area contributed by atoms with Gasteiger partial charge in [0.05, 0.1) is 12.7 Å². The summed E-state index contributed by atoms with van der Waals surface area (Å²) in [5.74, 6) is 0.837. The molecule has 1 aliphatic heterocycles. The molecule has 1 heterocycles. The van der Waals surface area contributed by atoms with E-state index < -0.39 is 0 Å². The molecule has 0 spiro atoms. The van der Waals surface area contributed by atoms with Crippen LogP contribution in [0, 0.1) is 5.92 Å². The van der Waals surface area contributed by atoms with Crippen LogP contribution in [0.3, 0.4) is 0 Å². The van der Waals surface area contributed by atoms with Crippen molar-refractivity contribution in [2.45, 2.75) is 19.4 Å². The summed E-state index contributed by atoms with van der Waals surface area (Å²) in [4.78, 5) is 12.3. The Hall–Kier alpha value is -0.970. The van der Waals surface area contributed by atoms with Gasteiger partial charge in [-0.1, -0.05) is 18.5 Å². The van der Waals surface area contributed by atoms with E-state index in [1.54, 1.807) is 25.3 Å². The molecule has 112 valence electrons. The molecule has 6 heteroatoms. The van der Waals surface area contributed by atoms with Gasteiger partial charge in [-0.25, -0.2) is 0 Å². The largest absolute Gasteiger partial charge is 0.496 e. The van der Waals surface area contributed by atoms with E-state index >= 15 is 0 Å². The number of nitrogens with one attached hydrogen (secondary N) is 2. The lowest BCUT2D eigenvalue weighted by Crippen LogP contribution is -2.48. The van der Waals surface area contributed by atoms with Crippen LogP contribution in [0.1, 0.15) is 23.7 Å². The summed E-state index contributed by atoms with van der Waals surface area (Å²) in [5, 5.41) is 6.91. The summed E-state index contributed by atoms with van der Waals surface area (Å²) in [5.41, 5.74) is 0.487. The second kappa shape index (κ2) is 7.72. The lowest BCUT2D eigenvalue weighted by atomic mass is 9.95. The van der Waals surface area contributed by atoms with Crippen LogP contribution < -0.4 is 15.4 Å². The zero-order valence-corrected chi connectivity index (χ0v) is 13.2. The van der Waals surface area contributed by atoms with E-state index in [2.05, 4.69) is 17.6 Å². The number of ether oxygens (including phenoxy) is 1. The van der Waals surface area contributed by atoms with E-state index in [9.17, 15) is 4.79 Å². The molecule has 1 saturated heterocycles. The third-order valence-corrected chi connectivity index (χ3v) is 3.74. The SMILES string of the molecule is COc1ccc(Cl)cc1C(=O)NC1CCNCC1C.Cl. The van der Waals surface area contributed by atoms with Crippen molar-refractivity contribution in [2.75, 3.05) is 20.2 Å². The Morgan fingerprint density at radius 2 is 2.25 bits per heavy atom. The Labute approximate surface area is 130 Å². The lowest BCUT2D eigenvalue weighted by Gasteiger charge is -2.30. The van der Waals surface area contributed by atoms with Crippen molar-refractivity contribution < 1.29 is 9.53 Å². The number of hydrogen-bond donors (Lipinski definition) is 2. The van der Waals surface area contributed by atoms with Gasteiger partial charge in [-0.05, 0) is 43.6 Å². The minimum Gasteiger partial charge on any atom is -0.496 e. The standard InChI is InChI=1S/C14H19ClN2O2.ClH/c1-9-8-16-6-5-12(9)17-14(18)11-7-10(15)3-4-13(11)19-2;/h3-4,7,9,12,16H,5-6,8H2,1-2H3,(H,17,18);1H. The second-order valence-corrected chi connectivity index (χ2v) is 5.33. The number of carbonyl (C=O) groups excluding carboxylic acids is 1. The van der Waals surface area contributed by atoms with Crippen molar-refractivity contribution in [3.05, 3.63) is 28.8 Å². The Kier molecular flexibility index (Phi) is 6.59. The van der Waals surface area contributed by atoms with E-state index in [-0.39, 0.29) is 24.4 Å². The third kappa shape index (κ3) is 4.01. The van der Waals surface area contributed by atoms with Gasteiger partial charge in [0, 0.05) is 11.1 Å². The molecule has 1 amide bonds. The molecule has 0 saturated carbocycles. The van der Waals surface area contributed by atoms with Gasteiger partial charge >= 0.3 is 0 Å². The van der Waals surface area contributed by atoms with E-state index in [0.29, 0.717) is 22.3 Å². The summed E-state index contributed by atoms with van der Waals surface area (Å²) in [6, 6.07) is 5.26. The number of amides is 1. The first-order chi connectivity index (χ1) is 9.11. The van der Waals surface area contributed by atoms with Crippen LogP contribution in [-0.2, 0) is 0 Å². The zero-order valence-electron chi connectivity index (χ0n) is 11.6. The van der Waals surface area contributed by atoms with Gasteiger partial charge < -0.3 is 15.4 Å². The predicted octanol–water partition coefficient (Wildman–Crippen LogP) is 2.50. The van der Waals surface area contributed by atoms with Crippen LogP contribution in [0.25, 0.3) is 0 Å². The van der Waals surface area contributed by atoms with Crippen LogP contribution in [0.5, 0.6) is 5.75 Å². The third-order valence-electron chi connectivity index (χ3n) is 3.51. The molecule has 2 N–H and O–H groups in total. The maximum Gasteiger partial charge on any atom is 0.255 e. The molecular formula is C14H20Cl2N2O2. The second-order valence-electron chi connectivity index (χ2n) is 4.89. The maximum absolute atomic E-state index is 12.3. The number of piperidine rings is 1. The number of carbonyl (C=O) groups is 1. The summed E-state index contributed by atoms with van der Waals surface area (Å²) >= 11 is 5.94. The smallest absolute Gasteiger partial charge is 0.255 e. The molecule has 2 atom stereocenters. The van der Waals surface area contributed by atoms with Crippen LogP contribution in [0.15, 0.2) is 18.2 Å². The van der Waals surface area contributed by atoms with Crippen molar-refractivity contribution in [1.82, 2.24) is 10.6 Å². The fourth-order valence-corrected chi connectivity index (χ4v) is 2.50. The number of hydrogen-bond acceptors (Lipinski definition) is 3. The van der Waals surface area contributed by atoms with E-state index in [1.807, 2.05) is 0 Å². The minimum absolute atomic E-state index is 0. The lowest BCUT2D eigenvalue weighted by molar-refractivity contribution is 0.0911. The van der Waals surface area contributed by atoms with E-state index in [4.69, 9.17) is 16.3 Å². The molecule has 1 aliphatic rings. The fourth-order valence-electron chi connectivity index (χ4n) is 2.33. The van der Waals surface area contributed by atoms with Gasteiger partial charge in [0.25, 0.3) is 5.91 Å². The van der Waals surface area contributed by atoms with Gasteiger partial charge in [0.15, 0.2) is 0 Å². The van der Waals surface area contributed by atoms with Crippen molar-refractivity contribution in [2.24, 2.45) is 5.92 Å². The van der Waals surface area contributed by atoms with Gasteiger partial charge in [0.1, 0.15) is 5.75 Å². The fraction of sp³-hybridized carbons (Fsp3) is 0.500. The minimum atomic E-state index is -0.127. The van der Waals surface area contributed by atoms with Crippen LogP contribution >= 0.6 is 24.0 Å². The van der Waals surface area contributed by atoms with Crippen LogP contribution in [-0.4, -0.2) is 32.1 Å². The van der Waals surface area contributed by atoms with Crippen molar-refractivity contribution in [3.63, 3.8) is 0 Å². The quantitative estimate of drug-likeness (QED) is 0.900. The van der Waals surface area contributed by atoms with Gasteiger partial charge in [-0.15, -0.1) is 12.4 Å². The normalized spacial score (nSPS) is 21.8. The number of benzene rings is 1. The Balaban J connectivity index is 0.00000200. The Morgan fingerprint density at radius 1 is 1.50 bits per heavy atom. The highest BCUT2D eigenvalue weighted by molar-refractivity contribution is 6.31. The molecule has 2 rings (SSSR count). The van der Waals surface area contributed by atoms with Crippen molar-refractivity contribution in [1.29, 1.82) is 0 Å². The highest BCUT2D eigenvalue weighted by Gasteiger charge is 2.24. The monoisotopic (exact) mass is 318 g/mol. The van der Waals surface area contributed by atoms with Crippen molar-refractivity contribution in [3.8, 4) is 5.75 Å². The van der Waals surface area contributed by atoms with Crippen molar-refractivity contribution >= 4 is 29.9 Å².